The highest BCUT2D eigenvalue weighted by molar-refractivity contribution is 5.81. The number of nitrogens with zero attached hydrogens (tertiary/aromatic N) is 3. The van der Waals surface area contributed by atoms with Gasteiger partial charge < -0.3 is 15.4 Å². The lowest BCUT2D eigenvalue weighted by molar-refractivity contribution is 0.199. The number of likely N-dealkylation sites (N-methyl/N-ethyl adjacent to an activating group) is 1. The molecule has 23 heavy (non-hydrogen) atoms. The fraction of sp³-hybridized carbons (Fsp3) is 0.294. The molecule has 0 bridgehead atoms. The maximum atomic E-state index is 9.99. The van der Waals surface area contributed by atoms with Gasteiger partial charge in [0.1, 0.15) is 5.75 Å². The van der Waals surface area contributed by atoms with E-state index in [0.717, 1.165) is 36.4 Å². The lowest BCUT2D eigenvalue weighted by Gasteiger charge is -2.32. The number of aromatic nitrogens is 3. The number of piperazine rings is 1. The van der Waals surface area contributed by atoms with Gasteiger partial charge in [-0.1, -0.05) is 12.1 Å². The van der Waals surface area contributed by atoms with Crippen molar-refractivity contribution < 1.29 is 5.11 Å². The summed E-state index contributed by atoms with van der Waals surface area (Å²) in [5.74, 6) is 0.216. The smallest absolute Gasteiger partial charge is 0.160 e. The highest BCUT2D eigenvalue weighted by Gasteiger charge is 2.22. The second-order valence-corrected chi connectivity index (χ2v) is 5.98. The number of aromatic hydroxyl groups is 1. The second kappa shape index (κ2) is 5.64. The second-order valence-electron chi connectivity index (χ2n) is 5.98. The number of hydrogen-bond acceptors (Lipinski definition) is 5. The zero-order valence-electron chi connectivity index (χ0n) is 13.0. The minimum Gasteiger partial charge on any atom is -0.507 e. The van der Waals surface area contributed by atoms with Gasteiger partial charge in [0.25, 0.3) is 0 Å². The van der Waals surface area contributed by atoms with E-state index in [2.05, 4.69) is 38.5 Å². The number of phenolic OH excluding ortho intramolecular Hbond substituents is 1. The van der Waals surface area contributed by atoms with Crippen LogP contribution in [0.4, 0.5) is 0 Å². The number of benzene rings is 1. The monoisotopic (exact) mass is 309 g/mol. The summed E-state index contributed by atoms with van der Waals surface area (Å²) < 4.78 is 0. The number of aromatic amines is 1. The molecule has 118 valence electrons. The summed E-state index contributed by atoms with van der Waals surface area (Å²) in [4.78, 5) is 5.70. The standard InChI is InChI=1S/C17H19N5O/c1-22-7-6-18-10-15(22)14-9-11-8-13(20-21-17(11)19-14)12-4-2-3-5-16(12)23/h2-5,8-9,15,18,23H,6-7,10H2,1H3,(H,19,21). The first-order valence-corrected chi connectivity index (χ1v) is 7.78. The molecule has 3 aromatic rings. The molecule has 0 saturated carbocycles. The molecule has 1 aromatic carbocycles. The molecule has 0 radical (unpaired) electrons. The Labute approximate surface area is 134 Å². The molecule has 3 heterocycles. The molecule has 0 spiro atoms. The van der Waals surface area contributed by atoms with Gasteiger partial charge in [-0.3, -0.25) is 4.90 Å². The predicted molar refractivity (Wildman–Crippen MR) is 89.2 cm³/mol. The third kappa shape index (κ3) is 2.56. The van der Waals surface area contributed by atoms with Crippen molar-refractivity contribution in [3.8, 4) is 17.0 Å². The van der Waals surface area contributed by atoms with Crippen molar-refractivity contribution in [1.82, 2.24) is 25.4 Å². The minimum absolute atomic E-state index is 0.216. The number of fused-ring (bicyclic) bond motifs is 1. The SMILES string of the molecule is CN1CCNCC1c1cc2cc(-c3ccccc3O)nnc2[nH]1. The maximum absolute atomic E-state index is 9.99. The molecule has 1 unspecified atom stereocenters. The van der Waals surface area contributed by atoms with E-state index in [1.54, 1.807) is 12.1 Å². The van der Waals surface area contributed by atoms with Crippen molar-refractivity contribution in [2.24, 2.45) is 0 Å². The highest BCUT2D eigenvalue weighted by Crippen LogP contribution is 2.29. The van der Waals surface area contributed by atoms with Gasteiger partial charge in [-0.15, -0.1) is 10.2 Å². The molecule has 0 aliphatic carbocycles. The van der Waals surface area contributed by atoms with Crippen LogP contribution < -0.4 is 5.32 Å². The number of para-hydroxylation sites is 1. The molecule has 1 saturated heterocycles. The summed E-state index contributed by atoms with van der Waals surface area (Å²) in [6, 6.07) is 11.6. The van der Waals surface area contributed by atoms with Crippen LogP contribution in [0.3, 0.4) is 0 Å². The van der Waals surface area contributed by atoms with E-state index in [0.29, 0.717) is 17.3 Å². The van der Waals surface area contributed by atoms with E-state index in [1.165, 1.54) is 0 Å². The Balaban J connectivity index is 1.74. The Hall–Kier alpha value is -2.44. The van der Waals surface area contributed by atoms with Gasteiger partial charge in [-0.25, -0.2) is 0 Å². The number of hydrogen-bond donors (Lipinski definition) is 3. The van der Waals surface area contributed by atoms with Crippen molar-refractivity contribution in [3.05, 3.63) is 42.1 Å². The molecular weight excluding hydrogens is 290 g/mol. The van der Waals surface area contributed by atoms with E-state index in [-0.39, 0.29) is 5.75 Å². The average Bonchev–Trinajstić information content (AvgIpc) is 2.98. The Morgan fingerprint density at radius 1 is 1.22 bits per heavy atom. The van der Waals surface area contributed by atoms with Crippen LogP contribution in [0.25, 0.3) is 22.3 Å². The van der Waals surface area contributed by atoms with Crippen LogP contribution in [0.1, 0.15) is 11.7 Å². The minimum atomic E-state index is 0.216. The Morgan fingerprint density at radius 3 is 2.91 bits per heavy atom. The van der Waals surface area contributed by atoms with Crippen LogP contribution in [0.15, 0.2) is 36.4 Å². The number of nitrogens with one attached hydrogen (secondary N) is 2. The van der Waals surface area contributed by atoms with Gasteiger partial charge >= 0.3 is 0 Å². The molecule has 1 aliphatic heterocycles. The third-order valence-electron chi connectivity index (χ3n) is 4.45. The van der Waals surface area contributed by atoms with Crippen molar-refractivity contribution in [3.63, 3.8) is 0 Å². The number of H-pyrrole nitrogens is 1. The topological polar surface area (TPSA) is 77.1 Å². The zero-order chi connectivity index (χ0) is 15.8. The molecule has 1 atom stereocenters. The third-order valence-corrected chi connectivity index (χ3v) is 4.45. The van der Waals surface area contributed by atoms with E-state index < -0.39 is 0 Å². The molecule has 6 nitrogen and oxygen atoms in total. The van der Waals surface area contributed by atoms with Crippen molar-refractivity contribution in [1.29, 1.82) is 0 Å². The van der Waals surface area contributed by atoms with Gasteiger partial charge in [0, 0.05) is 36.3 Å². The summed E-state index contributed by atoms with van der Waals surface area (Å²) in [7, 11) is 2.14. The normalized spacial score (nSPS) is 19.3. The molecule has 3 N–H and O–H groups in total. The van der Waals surface area contributed by atoms with Crippen LogP contribution in [0, 0.1) is 0 Å². The number of rotatable bonds is 2. The summed E-state index contributed by atoms with van der Waals surface area (Å²) >= 11 is 0. The van der Waals surface area contributed by atoms with Crippen molar-refractivity contribution in [2.75, 3.05) is 26.7 Å². The van der Waals surface area contributed by atoms with Gasteiger partial charge in [-0.2, -0.15) is 0 Å². The first kappa shape index (κ1) is 14.2. The van der Waals surface area contributed by atoms with E-state index in [9.17, 15) is 5.11 Å². The molecule has 6 heteroatoms. The fourth-order valence-corrected chi connectivity index (χ4v) is 3.11. The van der Waals surface area contributed by atoms with Crippen molar-refractivity contribution >= 4 is 11.0 Å². The van der Waals surface area contributed by atoms with E-state index in [4.69, 9.17) is 0 Å². The van der Waals surface area contributed by atoms with Crippen LogP contribution >= 0.6 is 0 Å². The quantitative estimate of drug-likeness (QED) is 0.674. The fourth-order valence-electron chi connectivity index (χ4n) is 3.11. The van der Waals surface area contributed by atoms with Gasteiger partial charge in [0.2, 0.25) is 0 Å². The Morgan fingerprint density at radius 2 is 2.09 bits per heavy atom. The summed E-state index contributed by atoms with van der Waals surface area (Å²) in [6.07, 6.45) is 0. The molecule has 4 rings (SSSR count). The van der Waals surface area contributed by atoms with E-state index in [1.807, 2.05) is 18.2 Å². The van der Waals surface area contributed by atoms with Crippen molar-refractivity contribution in [2.45, 2.75) is 6.04 Å². The first-order chi connectivity index (χ1) is 11.2. The summed E-state index contributed by atoms with van der Waals surface area (Å²) in [5, 5.41) is 22.9. The lowest BCUT2D eigenvalue weighted by atomic mass is 10.1. The predicted octanol–water partition coefficient (Wildman–Crippen LogP) is 1.91. The number of phenols is 1. The van der Waals surface area contributed by atoms with E-state index >= 15 is 0 Å². The Bertz CT molecular complexity index is 844. The highest BCUT2D eigenvalue weighted by atomic mass is 16.3. The molecule has 2 aromatic heterocycles. The average molecular weight is 309 g/mol. The van der Waals surface area contributed by atoms with Gasteiger partial charge in [0.05, 0.1) is 11.7 Å². The van der Waals surface area contributed by atoms with Gasteiger partial charge in [0.15, 0.2) is 5.65 Å². The maximum Gasteiger partial charge on any atom is 0.160 e. The molecular formula is C17H19N5O. The summed E-state index contributed by atoms with van der Waals surface area (Å²) in [6.45, 7) is 2.96. The largest absolute Gasteiger partial charge is 0.507 e. The first-order valence-electron chi connectivity index (χ1n) is 7.78. The summed E-state index contributed by atoms with van der Waals surface area (Å²) in [5.41, 5.74) is 3.29. The lowest BCUT2D eigenvalue weighted by Crippen LogP contribution is -2.43. The molecule has 0 amide bonds. The molecule has 1 fully saturated rings. The van der Waals surface area contributed by atoms with Crippen LogP contribution in [0.2, 0.25) is 0 Å². The Kier molecular flexibility index (Phi) is 3.48. The van der Waals surface area contributed by atoms with Crippen LogP contribution in [0.5, 0.6) is 5.75 Å². The van der Waals surface area contributed by atoms with Crippen LogP contribution in [-0.4, -0.2) is 51.9 Å². The molecule has 1 aliphatic rings. The van der Waals surface area contributed by atoms with Crippen LogP contribution in [-0.2, 0) is 0 Å². The van der Waals surface area contributed by atoms with Gasteiger partial charge in [-0.05, 0) is 31.3 Å². The zero-order valence-corrected chi connectivity index (χ0v) is 13.0.